The van der Waals surface area contributed by atoms with Gasteiger partial charge in [0.2, 0.25) is 0 Å². The number of rotatable bonds is 3. The van der Waals surface area contributed by atoms with Crippen LogP contribution in [0.1, 0.15) is 6.92 Å². The van der Waals surface area contributed by atoms with Crippen LogP contribution in [0, 0.1) is 0 Å². The van der Waals surface area contributed by atoms with E-state index < -0.39 is 25.4 Å². The molecule has 0 spiro atoms. The number of halogens is 1. The second-order valence-electron chi connectivity index (χ2n) is 2.15. The Morgan fingerprint density at radius 3 is 1.15 bits per heavy atom. The second kappa shape index (κ2) is 15.6. The minimum Gasteiger partial charge on any atom is -1.00 e. The van der Waals surface area contributed by atoms with E-state index in [0.717, 1.165) is 0 Å². The fraction of sp³-hybridized carbons (Fsp3) is 1.00. The van der Waals surface area contributed by atoms with E-state index in [-0.39, 0.29) is 48.6 Å². The molecular weight excluding hydrogens is 209 g/mol. The van der Waals surface area contributed by atoms with Crippen molar-refractivity contribution < 1.29 is 62.4 Å². The summed E-state index contributed by atoms with van der Waals surface area (Å²) in [7, 11) is 0. The Kier molecular flexibility index (Phi) is 28.4. The summed E-state index contributed by atoms with van der Waals surface area (Å²) in [6, 6.07) is 0. The minimum absolute atomic E-state index is 0. The molecule has 0 fully saturated rings. The maximum atomic E-state index is 8.34. The first-order valence-corrected chi connectivity index (χ1v) is 3.32. The molecule has 0 aliphatic carbocycles. The van der Waals surface area contributed by atoms with Gasteiger partial charge in [0.15, 0.2) is 0 Å². The van der Waals surface area contributed by atoms with Crippen LogP contribution in [0.4, 0.5) is 0 Å². The van der Waals surface area contributed by atoms with E-state index in [9.17, 15) is 0 Å². The largest absolute Gasteiger partial charge is 1.00 e. The molecule has 13 heavy (non-hydrogen) atoms. The van der Waals surface area contributed by atoms with Crippen LogP contribution in [0.5, 0.6) is 0 Å². The molecule has 0 rings (SSSR count). The van der Waals surface area contributed by atoms with Crippen molar-refractivity contribution in [3.63, 3.8) is 0 Å². The Labute approximate surface area is 107 Å². The third-order valence-corrected chi connectivity index (χ3v) is 0.945. The zero-order valence-electron chi connectivity index (χ0n) is 8.07. The van der Waals surface area contributed by atoms with E-state index in [4.69, 9.17) is 26.2 Å². The predicted molar refractivity (Wildman–Crippen MR) is 40.9 cm³/mol. The summed E-state index contributed by atoms with van der Waals surface area (Å²) < 4.78 is 0. The quantitative estimate of drug-likeness (QED) is 0.307. The summed E-state index contributed by atoms with van der Waals surface area (Å²) in [5.41, 5.74) is 3.94. The zero-order valence-corrected chi connectivity index (χ0v) is 10.8. The number of aliphatic hydroxyl groups is 4. The fourth-order valence-corrected chi connectivity index (χ4v) is 0.150. The SMILES string of the molecule is CCO.NC(CO)(CO)CO.[Cl-].[Na+]. The number of hydrogen-bond acceptors (Lipinski definition) is 5. The van der Waals surface area contributed by atoms with Gasteiger partial charge in [0, 0.05) is 6.61 Å². The van der Waals surface area contributed by atoms with E-state index in [1.807, 2.05) is 0 Å². The van der Waals surface area contributed by atoms with Gasteiger partial charge in [-0.25, -0.2) is 0 Å². The molecule has 0 unspecified atom stereocenters. The zero-order chi connectivity index (χ0) is 9.33. The average molecular weight is 226 g/mol. The van der Waals surface area contributed by atoms with Crippen molar-refractivity contribution in [3.8, 4) is 0 Å². The van der Waals surface area contributed by atoms with E-state index in [0.29, 0.717) is 0 Å². The molecule has 78 valence electrons. The summed E-state index contributed by atoms with van der Waals surface area (Å²) in [6.45, 7) is 0.722. The molecule has 0 bridgehead atoms. The Balaban J connectivity index is -0.0000000720. The summed E-state index contributed by atoms with van der Waals surface area (Å²) in [4.78, 5) is 0. The Morgan fingerprint density at radius 1 is 1.00 bits per heavy atom. The van der Waals surface area contributed by atoms with Gasteiger partial charge in [-0.3, -0.25) is 0 Å². The molecule has 0 saturated carbocycles. The molecule has 6 N–H and O–H groups in total. The van der Waals surface area contributed by atoms with Crippen LogP contribution in [0.15, 0.2) is 0 Å². The van der Waals surface area contributed by atoms with Gasteiger partial charge in [-0.15, -0.1) is 0 Å². The van der Waals surface area contributed by atoms with Gasteiger partial charge in [0.25, 0.3) is 0 Å². The van der Waals surface area contributed by atoms with E-state index in [2.05, 4.69) is 0 Å². The monoisotopic (exact) mass is 225 g/mol. The van der Waals surface area contributed by atoms with Gasteiger partial charge in [0.05, 0.1) is 25.4 Å². The molecule has 0 heterocycles. The van der Waals surface area contributed by atoms with E-state index in [1.54, 1.807) is 6.92 Å². The van der Waals surface area contributed by atoms with Crippen molar-refractivity contribution in [2.75, 3.05) is 26.4 Å². The molecule has 0 aromatic rings. The molecule has 0 amide bonds. The van der Waals surface area contributed by atoms with Crippen LogP contribution in [0.3, 0.4) is 0 Å². The second-order valence-corrected chi connectivity index (χ2v) is 2.15. The van der Waals surface area contributed by atoms with E-state index in [1.165, 1.54) is 0 Å². The number of hydrogen-bond donors (Lipinski definition) is 5. The topological polar surface area (TPSA) is 107 Å². The molecule has 0 aliphatic rings. The van der Waals surface area contributed by atoms with Crippen molar-refractivity contribution in [2.45, 2.75) is 12.5 Å². The van der Waals surface area contributed by atoms with Crippen molar-refractivity contribution in [1.82, 2.24) is 0 Å². The van der Waals surface area contributed by atoms with Crippen LogP contribution in [-0.2, 0) is 0 Å². The summed E-state index contributed by atoms with van der Waals surface area (Å²) >= 11 is 0. The molecule has 0 aliphatic heterocycles. The van der Waals surface area contributed by atoms with Gasteiger partial charge in [-0.05, 0) is 6.92 Å². The standard InChI is InChI=1S/C4H11NO3.C2H6O.ClH.Na/c5-4(1-6,2-7)3-8;1-2-3;;/h6-8H,1-3,5H2;3H,2H2,1H3;1H;/q;;;+1/p-1. The van der Waals surface area contributed by atoms with Crippen LogP contribution in [0.2, 0.25) is 0 Å². The van der Waals surface area contributed by atoms with Crippen LogP contribution >= 0.6 is 0 Å². The van der Waals surface area contributed by atoms with E-state index >= 15 is 0 Å². The van der Waals surface area contributed by atoms with Crippen molar-refractivity contribution in [3.05, 3.63) is 0 Å². The average Bonchev–Trinajstić information content (AvgIpc) is 2.05. The van der Waals surface area contributed by atoms with Crippen LogP contribution < -0.4 is 47.7 Å². The van der Waals surface area contributed by atoms with Gasteiger partial charge in [-0.1, -0.05) is 0 Å². The minimum atomic E-state index is -1.21. The van der Waals surface area contributed by atoms with Crippen LogP contribution in [0.25, 0.3) is 0 Å². The maximum absolute atomic E-state index is 8.34. The Bertz CT molecular complexity index is 76.8. The van der Waals surface area contributed by atoms with Crippen molar-refractivity contribution >= 4 is 0 Å². The first-order chi connectivity index (χ1) is 5.10. The summed E-state index contributed by atoms with van der Waals surface area (Å²) in [5.74, 6) is 0. The molecule has 0 aromatic carbocycles. The maximum Gasteiger partial charge on any atom is 1.00 e. The fourth-order valence-electron chi connectivity index (χ4n) is 0.150. The third kappa shape index (κ3) is 15.8. The van der Waals surface area contributed by atoms with Gasteiger partial charge < -0.3 is 38.6 Å². The smallest absolute Gasteiger partial charge is 1.00 e. The molecule has 0 atom stereocenters. The summed E-state index contributed by atoms with van der Waals surface area (Å²) in [6.07, 6.45) is 0. The molecule has 0 saturated heterocycles. The first-order valence-electron chi connectivity index (χ1n) is 3.32. The first kappa shape index (κ1) is 23.7. The normalized spacial score (nSPS) is 8.77. The van der Waals surface area contributed by atoms with Crippen LogP contribution in [-0.4, -0.2) is 52.4 Å². The van der Waals surface area contributed by atoms with Gasteiger partial charge >= 0.3 is 29.6 Å². The van der Waals surface area contributed by atoms with Gasteiger partial charge in [0.1, 0.15) is 0 Å². The Hall–Kier alpha value is 1.09. The molecule has 0 radical (unpaired) electrons. The predicted octanol–water partition coefficient (Wildman–Crippen LogP) is -8.33. The summed E-state index contributed by atoms with van der Waals surface area (Å²) in [5, 5.41) is 32.6. The molecule has 7 heteroatoms. The third-order valence-electron chi connectivity index (χ3n) is 0.945. The van der Waals surface area contributed by atoms with Gasteiger partial charge in [-0.2, -0.15) is 0 Å². The molecular formula is C6H17ClNNaO4. The Morgan fingerprint density at radius 2 is 1.15 bits per heavy atom. The number of nitrogens with two attached hydrogens (primary N) is 1. The molecule has 5 nitrogen and oxygen atoms in total. The van der Waals surface area contributed by atoms with Crippen molar-refractivity contribution in [2.24, 2.45) is 5.73 Å². The van der Waals surface area contributed by atoms with Crippen molar-refractivity contribution in [1.29, 1.82) is 0 Å². The number of aliphatic hydroxyl groups excluding tert-OH is 4. The molecule has 0 aromatic heterocycles.